The van der Waals surface area contributed by atoms with Gasteiger partial charge in [-0.15, -0.1) is 5.11 Å². The van der Waals surface area contributed by atoms with Gasteiger partial charge in [-0.05, 0) is 48.5 Å². The number of para-hydroxylation sites is 1. The molecule has 2 N–H and O–H groups in total. The van der Waals surface area contributed by atoms with E-state index < -0.39 is 0 Å². The molecule has 4 rings (SSSR count). The number of halogens is 2. The number of benzene rings is 3. The lowest BCUT2D eigenvalue weighted by atomic mass is 10.2. The molecule has 0 aliphatic heterocycles. The quantitative estimate of drug-likeness (QED) is 0.195. The number of azo groups is 1. The van der Waals surface area contributed by atoms with Crippen LogP contribution in [0.2, 0.25) is 10.0 Å². The molecular weight excluding hydrogens is 429 g/mol. The molecule has 0 unspecified atom stereocenters. The largest absolute Gasteiger partial charge is 0.507 e. The van der Waals surface area contributed by atoms with E-state index in [0.29, 0.717) is 32.1 Å². The van der Waals surface area contributed by atoms with Crippen molar-refractivity contribution in [3.05, 3.63) is 76.3 Å². The molecule has 9 heteroatoms. The third-order valence-electron chi connectivity index (χ3n) is 3.85. The van der Waals surface area contributed by atoms with Crippen molar-refractivity contribution in [2.45, 2.75) is 0 Å². The lowest BCUT2D eigenvalue weighted by Crippen LogP contribution is -1.90. The lowest BCUT2D eigenvalue weighted by Gasteiger charge is -2.01. The molecule has 0 amide bonds. The summed E-state index contributed by atoms with van der Waals surface area (Å²) < 4.78 is 1.07. The summed E-state index contributed by atoms with van der Waals surface area (Å²) in [6.45, 7) is 0. The van der Waals surface area contributed by atoms with Crippen molar-refractivity contribution in [2.75, 3.05) is 5.43 Å². The van der Waals surface area contributed by atoms with E-state index in [2.05, 4.69) is 25.7 Å². The van der Waals surface area contributed by atoms with E-state index in [1.54, 1.807) is 30.3 Å². The van der Waals surface area contributed by atoms with Crippen LogP contribution in [0.1, 0.15) is 5.56 Å². The van der Waals surface area contributed by atoms with E-state index in [9.17, 15) is 5.11 Å². The second kappa shape index (κ2) is 8.57. The van der Waals surface area contributed by atoms with E-state index in [1.165, 1.54) is 23.6 Å². The predicted molar refractivity (Wildman–Crippen MR) is 120 cm³/mol. The Labute approximate surface area is 180 Å². The van der Waals surface area contributed by atoms with Crippen LogP contribution in [0.3, 0.4) is 0 Å². The molecule has 0 bridgehead atoms. The molecule has 6 nitrogen and oxygen atoms in total. The number of thiazole rings is 1. The summed E-state index contributed by atoms with van der Waals surface area (Å²) in [6.07, 6.45) is 1.50. The maximum atomic E-state index is 10.1. The van der Waals surface area contributed by atoms with Crippen molar-refractivity contribution in [3.63, 3.8) is 0 Å². The number of anilines is 1. The van der Waals surface area contributed by atoms with Crippen molar-refractivity contribution >= 4 is 67.5 Å². The molecule has 0 saturated heterocycles. The number of nitrogens with one attached hydrogen (secondary N) is 1. The first kappa shape index (κ1) is 19.3. The fourth-order valence-electron chi connectivity index (χ4n) is 2.46. The maximum absolute atomic E-state index is 10.1. The van der Waals surface area contributed by atoms with Crippen LogP contribution in [0.5, 0.6) is 5.75 Å². The molecule has 0 aliphatic carbocycles. The summed E-state index contributed by atoms with van der Waals surface area (Å²) in [7, 11) is 0. The van der Waals surface area contributed by atoms with Gasteiger partial charge in [0.2, 0.25) is 5.13 Å². The van der Waals surface area contributed by atoms with E-state index in [0.717, 1.165) is 10.2 Å². The molecule has 4 aromatic rings. The zero-order chi connectivity index (χ0) is 20.2. The molecule has 0 spiro atoms. The Morgan fingerprint density at radius 1 is 1.00 bits per heavy atom. The van der Waals surface area contributed by atoms with Gasteiger partial charge in [0, 0.05) is 10.6 Å². The Morgan fingerprint density at radius 3 is 2.69 bits per heavy atom. The number of hydrogen-bond donors (Lipinski definition) is 2. The van der Waals surface area contributed by atoms with Crippen molar-refractivity contribution in [1.82, 2.24) is 4.98 Å². The second-order valence-corrected chi connectivity index (χ2v) is 7.77. The minimum atomic E-state index is 0.0725. The molecule has 0 atom stereocenters. The smallest absolute Gasteiger partial charge is 0.204 e. The summed E-state index contributed by atoms with van der Waals surface area (Å²) in [5.41, 5.74) is 5.30. The molecule has 0 fully saturated rings. The highest BCUT2D eigenvalue weighted by atomic mass is 35.5. The first-order valence-corrected chi connectivity index (χ1v) is 10.0. The van der Waals surface area contributed by atoms with Gasteiger partial charge in [-0.2, -0.15) is 10.2 Å². The normalized spacial score (nSPS) is 11.7. The van der Waals surface area contributed by atoms with Crippen molar-refractivity contribution < 1.29 is 5.11 Å². The number of hydrazone groups is 1. The van der Waals surface area contributed by atoms with E-state index in [4.69, 9.17) is 23.2 Å². The van der Waals surface area contributed by atoms with Gasteiger partial charge >= 0.3 is 0 Å². The third-order valence-corrected chi connectivity index (χ3v) is 5.33. The Balaban J connectivity index is 1.50. The SMILES string of the molecule is Oc1ccc(N=Nc2ccc(Cl)cc2Cl)cc1/C=N\Nc1nc2ccccc2s1. The topological polar surface area (TPSA) is 82.2 Å². The Hall–Kier alpha value is -3.00. The summed E-state index contributed by atoms with van der Waals surface area (Å²) in [6, 6.07) is 17.6. The first-order chi connectivity index (χ1) is 14.1. The number of aromatic nitrogens is 1. The van der Waals surface area contributed by atoms with E-state index in [1.807, 2.05) is 24.3 Å². The molecule has 1 aromatic heterocycles. The summed E-state index contributed by atoms with van der Waals surface area (Å²) in [5.74, 6) is 0.0725. The molecule has 0 aliphatic rings. The monoisotopic (exact) mass is 441 g/mol. The van der Waals surface area contributed by atoms with Gasteiger partial charge in [-0.25, -0.2) is 4.98 Å². The fourth-order valence-corrected chi connectivity index (χ4v) is 3.72. The van der Waals surface area contributed by atoms with Crippen LogP contribution >= 0.6 is 34.5 Å². The molecule has 3 aromatic carbocycles. The molecule has 1 heterocycles. The zero-order valence-electron chi connectivity index (χ0n) is 14.8. The third kappa shape index (κ3) is 4.71. The number of fused-ring (bicyclic) bond motifs is 1. The van der Waals surface area contributed by atoms with Crippen LogP contribution in [0.25, 0.3) is 10.2 Å². The number of nitrogens with zero attached hydrogens (tertiary/aromatic N) is 4. The number of phenolic OH excluding ortho intramolecular Hbond substituents is 1. The highest BCUT2D eigenvalue weighted by Crippen LogP contribution is 2.30. The van der Waals surface area contributed by atoms with Gasteiger partial charge in [0.05, 0.1) is 27.1 Å². The van der Waals surface area contributed by atoms with Crippen LogP contribution in [0.15, 0.2) is 76.0 Å². The van der Waals surface area contributed by atoms with Gasteiger partial charge in [-0.1, -0.05) is 46.7 Å². The van der Waals surface area contributed by atoms with Crippen molar-refractivity contribution in [2.24, 2.45) is 15.3 Å². The molecule has 144 valence electrons. The maximum Gasteiger partial charge on any atom is 0.204 e. The Kier molecular flexibility index (Phi) is 5.71. The number of phenols is 1. The highest BCUT2D eigenvalue weighted by Gasteiger charge is 2.04. The van der Waals surface area contributed by atoms with E-state index in [-0.39, 0.29) is 5.75 Å². The summed E-state index contributed by atoms with van der Waals surface area (Å²) in [5, 5.41) is 24.1. The second-order valence-electron chi connectivity index (χ2n) is 5.90. The van der Waals surface area contributed by atoms with Crippen LogP contribution < -0.4 is 5.43 Å². The molecule has 0 radical (unpaired) electrons. The van der Waals surface area contributed by atoms with Gasteiger partial charge < -0.3 is 5.11 Å². The van der Waals surface area contributed by atoms with Crippen LogP contribution in [-0.4, -0.2) is 16.3 Å². The average molecular weight is 442 g/mol. The summed E-state index contributed by atoms with van der Waals surface area (Å²) in [4.78, 5) is 4.44. The Bertz CT molecular complexity index is 1210. The minimum Gasteiger partial charge on any atom is -0.507 e. The minimum absolute atomic E-state index is 0.0725. The molecular formula is C20H13Cl2N5OS. The molecule has 0 saturated carbocycles. The fraction of sp³-hybridized carbons (Fsp3) is 0. The van der Waals surface area contributed by atoms with Gasteiger partial charge in [-0.3, -0.25) is 5.43 Å². The van der Waals surface area contributed by atoms with Gasteiger partial charge in [0.25, 0.3) is 0 Å². The first-order valence-electron chi connectivity index (χ1n) is 8.43. The predicted octanol–water partition coefficient (Wildman–Crippen LogP) is 7.17. The number of hydrogen-bond acceptors (Lipinski definition) is 7. The standard InChI is InChI=1S/C20H13Cl2N5OS/c21-13-5-7-16(15(22)10-13)26-25-14-6-8-18(28)12(9-14)11-23-27-20-24-17-3-1-2-4-19(17)29-20/h1-11,28H,(H,24,27)/b23-11-,26-25?. The summed E-state index contributed by atoms with van der Waals surface area (Å²) >= 11 is 13.5. The zero-order valence-corrected chi connectivity index (χ0v) is 17.1. The molecule has 29 heavy (non-hydrogen) atoms. The van der Waals surface area contributed by atoms with Gasteiger partial charge in [0.1, 0.15) is 11.4 Å². The van der Waals surface area contributed by atoms with Crippen molar-refractivity contribution in [3.8, 4) is 5.75 Å². The van der Waals surface area contributed by atoms with Crippen LogP contribution in [-0.2, 0) is 0 Å². The van der Waals surface area contributed by atoms with Crippen LogP contribution in [0, 0.1) is 0 Å². The van der Waals surface area contributed by atoms with Gasteiger partial charge in [0.15, 0.2) is 0 Å². The average Bonchev–Trinajstić information content (AvgIpc) is 3.12. The van der Waals surface area contributed by atoms with Crippen LogP contribution in [0.4, 0.5) is 16.5 Å². The van der Waals surface area contributed by atoms with E-state index >= 15 is 0 Å². The highest BCUT2D eigenvalue weighted by molar-refractivity contribution is 7.22. The Morgan fingerprint density at radius 2 is 1.86 bits per heavy atom. The van der Waals surface area contributed by atoms with Crippen molar-refractivity contribution in [1.29, 1.82) is 0 Å². The number of aromatic hydroxyl groups is 1. The number of rotatable bonds is 5. The lowest BCUT2D eigenvalue weighted by molar-refractivity contribution is 0.474.